The van der Waals surface area contributed by atoms with E-state index in [4.69, 9.17) is 9.47 Å². The third-order valence-electron chi connectivity index (χ3n) is 4.85. The number of nitrogens with zero attached hydrogens (tertiary/aromatic N) is 2. The predicted octanol–water partition coefficient (Wildman–Crippen LogP) is 3.59. The van der Waals surface area contributed by atoms with Crippen molar-refractivity contribution in [3.63, 3.8) is 0 Å². The van der Waals surface area contributed by atoms with Gasteiger partial charge in [-0.1, -0.05) is 0 Å². The highest BCUT2D eigenvalue weighted by atomic mass is 32.1. The second-order valence-corrected chi connectivity index (χ2v) is 9.17. The molecule has 1 aromatic rings. The number of carbonyl (C=O) groups excluding carboxylic acids is 2. The summed E-state index contributed by atoms with van der Waals surface area (Å²) in [7, 11) is 0. The Morgan fingerprint density at radius 2 is 2.00 bits per heavy atom. The number of carbonyl (C=O) groups is 2. The highest BCUT2D eigenvalue weighted by molar-refractivity contribution is 7.11. The normalized spacial score (nSPS) is 25.3. The number of ether oxygens (including phenoxy) is 2. The fourth-order valence-electron chi connectivity index (χ4n) is 3.68. The minimum atomic E-state index is -0.532. The lowest BCUT2D eigenvalue weighted by molar-refractivity contribution is -0.150. The molecule has 1 aromatic heterocycles. The van der Waals surface area contributed by atoms with Gasteiger partial charge in [0.2, 0.25) is 0 Å². The van der Waals surface area contributed by atoms with Crippen LogP contribution in [0.2, 0.25) is 0 Å². The lowest BCUT2D eigenvalue weighted by Crippen LogP contribution is -2.41. The zero-order valence-corrected chi connectivity index (χ0v) is 16.3. The molecule has 0 unspecified atom stereocenters. The quantitative estimate of drug-likeness (QED) is 0.765. The molecular formula is C18H26N2O4S. The van der Waals surface area contributed by atoms with Crippen LogP contribution in [0.1, 0.15) is 55.6 Å². The average molecular weight is 366 g/mol. The van der Waals surface area contributed by atoms with E-state index in [1.807, 2.05) is 34.6 Å². The van der Waals surface area contributed by atoms with Gasteiger partial charge < -0.3 is 14.4 Å². The van der Waals surface area contributed by atoms with Crippen molar-refractivity contribution in [3.05, 3.63) is 15.6 Å². The van der Waals surface area contributed by atoms with E-state index in [9.17, 15) is 9.59 Å². The topological polar surface area (TPSA) is 68.7 Å². The van der Waals surface area contributed by atoms with Gasteiger partial charge in [-0.3, -0.25) is 4.79 Å². The molecule has 2 bridgehead atoms. The monoisotopic (exact) mass is 366 g/mol. The summed E-state index contributed by atoms with van der Waals surface area (Å²) in [4.78, 5) is 32.3. The molecule has 3 atom stereocenters. The van der Waals surface area contributed by atoms with Gasteiger partial charge in [-0.25, -0.2) is 9.78 Å². The molecule has 2 aliphatic rings. The molecule has 0 saturated carbocycles. The van der Waals surface area contributed by atoms with Crippen LogP contribution in [-0.4, -0.2) is 39.6 Å². The summed E-state index contributed by atoms with van der Waals surface area (Å²) in [5.41, 5.74) is 0.447. The summed E-state index contributed by atoms with van der Waals surface area (Å²) in [6.45, 7) is 9.73. The van der Waals surface area contributed by atoms with Crippen LogP contribution >= 0.6 is 11.3 Å². The van der Waals surface area contributed by atoms with Crippen molar-refractivity contribution in [1.29, 1.82) is 0 Å². The first-order chi connectivity index (χ1) is 11.7. The van der Waals surface area contributed by atoms with Crippen LogP contribution in [0.4, 0.5) is 4.79 Å². The van der Waals surface area contributed by atoms with Crippen LogP contribution in [0.15, 0.2) is 0 Å². The fraction of sp³-hybridized carbons (Fsp3) is 0.722. The van der Waals surface area contributed by atoms with Gasteiger partial charge in [-0.05, 0) is 53.9 Å². The molecule has 2 aliphatic heterocycles. The maximum atomic E-state index is 12.5. The van der Waals surface area contributed by atoms with E-state index in [2.05, 4.69) is 4.98 Å². The number of rotatable bonds is 3. The van der Waals surface area contributed by atoms with E-state index in [0.717, 1.165) is 28.4 Å². The zero-order chi connectivity index (χ0) is 18.4. The minimum absolute atomic E-state index is 0.0850. The molecule has 3 heterocycles. The Hall–Kier alpha value is -1.63. The van der Waals surface area contributed by atoms with Crippen LogP contribution < -0.4 is 0 Å². The van der Waals surface area contributed by atoms with E-state index in [-0.39, 0.29) is 36.7 Å². The number of thiazole rings is 1. The fourth-order valence-corrected chi connectivity index (χ4v) is 4.53. The molecule has 25 heavy (non-hydrogen) atoms. The maximum absolute atomic E-state index is 12.5. The Bertz CT molecular complexity index is 660. The van der Waals surface area contributed by atoms with E-state index in [1.54, 1.807) is 16.2 Å². The number of hydrogen-bond donors (Lipinski definition) is 0. The number of aromatic nitrogens is 1. The molecule has 0 N–H and O–H groups in total. The van der Waals surface area contributed by atoms with Crippen molar-refractivity contribution >= 4 is 23.4 Å². The molecule has 2 saturated heterocycles. The standard InChI is InChI=1S/C18H26N2O4S/c1-10-11(2)25-15(19-10)9-23-16(21)13-8-12-6-7-14(13)20(12)17(22)24-18(3,4)5/h12-14H,6-9H2,1-5H3/t12-,13+,14-/m1/s1. The number of aryl methyl sites for hydroxylation is 2. The van der Waals surface area contributed by atoms with E-state index < -0.39 is 5.60 Å². The molecule has 0 aromatic carbocycles. The number of fused-ring (bicyclic) bond motifs is 2. The van der Waals surface area contributed by atoms with Crippen LogP contribution in [0.25, 0.3) is 0 Å². The molecule has 7 heteroatoms. The summed E-state index contributed by atoms with van der Waals surface area (Å²) < 4.78 is 11.0. The van der Waals surface area contributed by atoms with Crippen molar-refractivity contribution in [2.45, 2.75) is 78.2 Å². The van der Waals surface area contributed by atoms with Gasteiger partial charge in [0.05, 0.1) is 11.6 Å². The largest absolute Gasteiger partial charge is 0.458 e. The van der Waals surface area contributed by atoms with Gasteiger partial charge in [0, 0.05) is 17.0 Å². The SMILES string of the molecule is Cc1nc(COC(=O)[C@H]2C[C@H]3CC[C@H]2N3C(=O)OC(C)(C)C)sc1C. The zero-order valence-electron chi connectivity index (χ0n) is 15.5. The molecule has 2 fully saturated rings. The number of amides is 1. The Kier molecular flexibility index (Phi) is 4.79. The number of esters is 1. The molecule has 0 aliphatic carbocycles. The predicted molar refractivity (Wildman–Crippen MR) is 94.4 cm³/mol. The molecule has 1 amide bonds. The van der Waals surface area contributed by atoms with Gasteiger partial charge >= 0.3 is 12.1 Å². The lowest BCUT2D eigenvalue weighted by atomic mass is 9.89. The third-order valence-corrected chi connectivity index (χ3v) is 5.90. The van der Waals surface area contributed by atoms with Crippen molar-refractivity contribution in [2.24, 2.45) is 5.92 Å². The van der Waals surface area contributed by atoms with Crippen molar-refractivity contribution in [3.8, 4) is 0 Å². The van der Waals surface area contributed by atoms with E-state index in [0.29, 0.717) is 6.42 Å². The highest BCUT2D eigenvalue weighted by Crippen LogP contribution is 2.43. The molecular weight excluding hydrogens is 340 g/mol. The van der Waals surface area contributed by atoms with Crippen molar-refractivity contribution in [1.82, 2.24) is 9.88 Å². The summed E-state index contributed by atoms with van der Waals surface area (Å²) in [5.74, 6) is -0.486. The second kappa shape index (κ2) is 6.59. The Morgan fingerprint density at radius 3 is 2.60 bits per heavy atom. The Labute approximate surface area is 152 Å². The van der Waals surface area contributed by atoms with Crippen LogP contribution in [-0.2, 0) is 20.9 Å². The molecule has 6 nitrogen and oxygen atoms in total. The van der Waals surface area contributed by atoms with Crippen molar-refractivity contribution in [2.75, 3.05) is 0 Å². The summed E-state index contributed by atoms with van der Waals surface area (Å²) >= 11 is 1.55. The maximum Gasteiger partial charge on any atom is 0.410 e. The van der Waals surface area contributed by atoms with Gasteiger partial charge in [0.1, 0.15) is 17.2 Å². The Morgan fingerprint density at radius 1 is 1.28 bits per heavy atom. The molecule has 138 valence electrons. The summed E-state index contributed by atoms with van der Waals surface area (Å²) in [5, 5.41) is 0.815. The van der Waals surface area contributed by atoms with E-state index in [1.165, 1.54) is 0 Å². The Balaban J connectivity index is 1.60. The van der Waals surface area contributed by atoms with Gasteiger partial charge in [-0.15, -0.1) is 11.3 Å². The number of hydrogen-bond acceptors (Lipinski definition) is 6. The lowest BCUT2D eigenvalue weighted by Gasteiger charge is -2.28. The van der Waals surface area contributed by atoms with Gasteiger partial charge in [0.25, 0.3) is 0 Å². The van der Waals surface area contributed by atoms with E-state index >= 15 is 0 Å². The summed E-state index contributed by atoms with van der Waals surface area (Å²) in [6, 6.07) is -0.0196. The average Bonchev–Trinajstić information content (AvgIpc) is 3.16. The highest BCUT2D eigenvalue weighted by Gasteiger charge is 2.53. The molecule has 0 spiro atoms. The minimum Gasteiger partial charge on any atom is -0.458 e. The van der Waals surface area contributed by atoms with Gasteiger partial charge in [0.15, 0.2) is 0 Å². The third kappa shape index (κ3) is 3.81. The van der Waals surface area contributed by atoms with Crippen LogP contribution in [0.3, 0.4) is 0 Å². The summed E-state index contributed by atoms with van der Waals surface area (Å²) in [6.07, 6.45) is 2.11. The molecule has 0 radical (unpaired) electrons. The second-order valence-electron chi connectivity index (χ2n) is 7.89. The first-order valence-corrected chi connectivity index (χ1v) is 9.58. The van der Waals surface area contributed by atoms with Crippen molar-refractivity contribution < 1.29 is 19.1 Å². The smallest absolute Gasteiger partial charge is 0.410 e. The molecule has 3 rings (SSSR count). The van der Waals surface area contributed by atoms with Gasteiger partial charge in [-0.2, -0.15) is 0 Å². The van der Waals surface area contributed by atoms with Crippen LogP contribution in [0.5, 0.6) is 0 Å². The first kappa shape index (κ1) is 18.2. The first-order valence-electron chi connectivity index (χ1n) is 8.76. The van der Waals surface area contributed by atoms with Crippen LogP contribution in [0, 0.1) is 19.8 Å².